The summed E-state index contributed by atoms with van der Waals surface area (Å²) in [6, 6.07) is 15.9. The van der Waals surface area contributed by atoms with Crippen LogP contribution in [-0.4, -0.2) is 10.9 Å². The van der Waals surface area contributed by atoms with E-state index >= 15 is 0 Å². The van der Waals surface area contributed by atoms with E-state index in [1.807, 2.05) is 25.1 Å². The van der Waals surface area contributed by atoms with Crippen molar-refractivity contribution in [3.8, 4) is 0 Å². The second kappa shape index (κ2) is 7.55. The minimum absolute atomic E-state index is 0.218. The van der Waals surface area contributed by atoms with Gasteiger partial charge < -0.3 is 10.6 Å². The van der Waals surface area contributed by atoms with Crippen LogP contribution in [-0.2, 0) is 0 Å². The average Bonchev–Trinajstić information content (AvgIpc) is 2.60. The molecule has 3 rings (SSSR count). The number of anilines is 3. The van der Waals surface area contributed by atoms with Gasteiger partial charge in [0, 0.05) is 21.3 Å². The van der Waals surface area contributed by atoms with Crippen LogP contribution in [0.2, 0.25) is 10.0 Å². The molecule has 0 atom stereocenters. The Bertz CT molecular complexity index is 894. The first-order valence-corrected chi connectivity index (χ1v) is 8.33. The molecule has 0 fully saturated rings. The van der Waals surface area contributed by atoms with Gasteiger partial charge in [0.1, 0.15) is 5.82 Å². The maximum Gasteiger partial charge on any atom is 0.255 e. The van der Waals surface area contributed by atoms with Crippen LogP contribution in [0.25, 0.3) is 0 Å². The van der Waals surface area contributed by atoms with Crippen molar-refractivity contribution in [3.05, 3.63) is 82.0 Å². The molecule has 3 aromatic rings. The van der Waals surface area contributed by atoms with Crippen molar-refractivity contribution in [3.63, 3.8) is 0 Å². The van der Waals surface area contributed by atoms with Crippen LogP contribution in [0.3, 0.4) is 0 Å². The highest BCUT2D eigenvalue weighted by atomic mass is 35.5. The third-order valence-electron chi connectivity index (χ3n) is 3.59. The first kappa shape index (κ1) is 17.3. The number of benzene rings is 2. The van der Waals surface area contributed by atoms with Gasteiger partial charge in [-0.15, -0.1) is 0 Å². The quantitative estimate of drug-likeness (QED) is 0.618. The number of rotatable bonds is 4. The fourth-order valence-electron chi connectivity index (χ4n) is 2.21. The fourth-order valence-corrected chi connectivity index (χ4v) is 2.51. The zero-order valence-electron chi connectivity index (χ0n) is 13.4. The maximum absolute atomic E-state index is 12.2. The number of hydrogen-bond acceptors (Lipinski definition) is 3. The molecule has 0 bridgehead atoms. The van der Waals surface area contributed by atoms with Gasteiger partial charge in [0.05, 0.1) is 11.9 Å². The molecule has 0 aliphatic heterocycles. The number of carbonyl (C=O) groups is 1. The summed E-state index contributed by atoms with van der Waals surface area (Å²) in [6.45, 7) is 1.99. The Hall–Kier alpha value is -2.56. The van der Waals surface area contributed by atoms with Crippen LogP contribution in [0.5, 0.6) is 0 Å². The lowest BCUT2D eigenvalue weighted by Crippen LogP contribution is -2.11. The van der Waals surface area contributed by atoms with E-state index in [0.717, 1.165) is 11.3 Å². The van der Waals surface area contributed by atoms with E-state index in [9.17, 15) is 4.79 Å². The van der Waals surface area contributed by atoms with Crippen LogP contribution in [0.15, 0.2) is 60.8 Å². The number of aryl methyl sites for hydroxylation is 1. The SMILES string of the molecule is Cc1ccc(Cl)cc1Nc1ccc(NC(=O)c2ccc(Cl)cc2)cn1. The molecule has 6 heteroatoms. The predicted octanol–water partition coefficient (Wildman–Crippen LogP) is 5.69. The Morgan fingerprint density at radius 3 is 2.36 bits per heavy atom. The third-order valence-corrected chi connectivity index (χ3v) is 4.08. The van der Waals surface area contributed by atoms with Gasteiger partial charge in [-0.05, 0) is 61.0 Å². The first-order valence-electron chi connectivity index (χ1n) is 7.57. The molecule has 4 nitrogen and oxygen atoms in total. The summed E-state index contributed by atoms with van der Waals surface area (Å²) < 4.78 is 0. The normalized spacial score (nSPS) is 10.4. The van der Waals surface area contributed by atoms with Crippen molar-refractivity contribution < 1.29 is 4.79 Å². The molecule has 1 amide bonds. The molecule has 0 aliphatic rings. The largest absolute Gasteiger partial charge is 0.340 e. The Labute approximate surface area is 155 Å². The van der Waals surface area contributed by atoms with Gasteiger partial charge in [-0.25, -0.2) is 4.98 Å². The number of nitrogens with zero attached hydrogens (tertiary/aromatic N) is 1. The standard InChI is InChI=1S/C19H15Cl2N3O/c1-12-2-5-15(21)10-17(12)24-18-9-8-16(11-22-18)23-19(25)13-3-6-14(20)7-4-13/h2-11H,1H3,(H,22,24)(H,23,25). The Balaban J connectivity index is 1.68. The highest BCUT2D eigenvalue weighted by molar-refractivity contribution is 6.31. The molecule has 1 heterocycles. The van der Waals surface area contributed by atoms with E-state index in [0.29, 0.717) is 27.1 Å². The molecule has 2 N–H and O–H groups in total. The number of pyridine rings is 1. The predicted molar refractivity (Wildman–Crippen MR) is 103 cm³/mol. The van der Waals surface area contributed by atoms with E-state index < -0.39 is 0 Å². The topological polar surface area (TPSA) is 54.0 Å². The van der Waals surface area contributed by atoms with Crippen molar-refractivity contribution >= 4 is 46.3 Å². The minimum atomic E-state index is -0.218. The van der Waals surface area contributed by atoms with E-state index in [1.165, 1.54) is 0 Å². The minimum Gasteiger partial charge on any atom is -0.340 e. The summed E-state index contributed by atoms with van der Waals surface area (Å²) in [4.78, 5) is 16.5. The average molecular weight is 372 g/mol. The summed E-state index contributed by atoms with van der Waals surface area (Å²) in [6.07, 6.45) is 1.59. The Morgan fingerprint density at radius 1 is 0.960 bits per heavy atom. The van der Waals surface area contributed by atoms with E-state index in [2.05, 4.69) is 15.6 Å². The van der Waals surface area contributed by atoms with E-state index in [1.54, 1.807) is 42.6 Å². The van der Waals surface area contributed by atoms with E-state index in [-0.39, 0.29) is 5.91 Å². The van der Waals surface area contributed by atoms with Crippen LogP contribution in [0.4, 0.5) is 17.2 Å². The maximum atomic E-state index is 12.2. The fraction of sp³-hybridized carbons (Fsp3) is 0.0526. The molecule has 1 aromatic heterocycles. The Morgan fingerprint density at radius 2 is 1.68 bits per heavy atom. The van der Waals surface area contributed by atoms with Gasteiger partial charge in [-0.1, -0.05) is 29.3 Å². The molecule has 0 spiro atoms. The highest BCUT2D eigenvalue weighted by Gasteiger charge is 2.07. The van der Waals surface area contributed by atoms with Crippen molar-refractivity contribution in [1.82, 2.24) is 4.98 Å². The molecule has 0 saturated heterocycles. The van der Waals surface area contributed by atoms with Crippen LogP contribution >= 0.6 is 23.2 Å². The summed E-state index contributed by atoms with van der Waals surface area (Å²) >= 11 is 11.8. The molecule has 0 unspecified atom stereocenters. The van der Waals surface area contributed by atoms with Gasteiger partial charge in [0.15, 0.2) is 0 Å². The number of amides is 1. The zero-order valence-corrected chi connectivity index (χ0v) is 14.9. The van der Waals surface area contributed by atoms with Crippen LogP contribution in [0, 0.1) is 6.92 Å². The number of aromatic nitrogens is 1. The number of carbonyl (C=O) groups excluding carboxylic acids is 1. The molecule has 25 heavy (non-hydrogen) atoms. The molecule has 0 saturated carbocycles. The second-order valence-corrected chi connectivity index (χ2v) is 6.35. The lowest BCUT2D eigenvalue weighted by atomic mass is 10.2. The molecular formula is C19H15Cl2N3O. The number of halogens is 2. The summed E-state index contributed by atoms with van der Waals surface area (Å²) in [5.74, 6) is 0.444. The van der Waals surface area contributed by atoms with Crippen molar-refractivity contribution in [2.75, 3.05) is 10.6 Å². The Kier molecular flexibility index (Phi) is 5.22. The van der Waals surface area contributed by atoms with Crippen LogP contribution in [0.1, 0.15) is 15.9 Å². The van der Waals surface area contributed by atoms with Crippen LogP contribution < -0.4 is 10.6 Å². The molecular weight excluding hydrogens is 357 g/mol. The molecule has 126 valence electrons. The summed E-state index contributed by atoms with van der Waals surface area (Å²) in [7, 11) is 0. The molecule has 0 aliphatic carbocycles. The number of nitrogens with one attached hydrogen (secondary N) is 2. The number of hydrogen-bond donors (Lipinski definition) is 2. The third kappa shape index (κ3) is 4.50. The summed E-state index contributed by atoms with van der Waals surface area (Å²) in [5, 5.41) is 7.25. The smallest absolute Gasteiger partial charge is 0.255 e. The second-order valence-electron chi connectivity index (χ2n) is 5.48. The highest BCUT2D eigenvalue weighted by Crippen LogP contribution is 2.23. The molecule has 0 radical (unpaired) electrons. The van der Waals surface area contributed by atoms with Gasteiger partial charge >= 0.3 is 0 Å². The lowest BCUT2D eigenvalue weighted by Gasteiger charge is -2.10. The lowest BCUT2D eigenvalue weighted by molar-refractivity contribution is 0.102. The van der Waals surface area contributed by atoms with Gasteiger partial charge in [0.2, 0.25) is 0 Å². The molecule has 2 aromatic carbocycles. The van der Waals surface area contributed by atoms with Crippen molar-refractivity contribution in [1.29, 1.82) is 0 Å². The monoisotopic (exact) mass is 371 g/mol. The first-order chi connectivity index (χ1) is 12.0. The van der Waals surface area contributed by atoms with Gasteiger partial charge in [0.25, 0.3) is 5.91 Å². The summed E-state index contributed by atoms with van der Waals surface area (Å²) in [5.41, 5.74) is 3.08. The van der Waals surface area contributed by atoms with Crippen molar-refractivity contribution in [2.24, 2.45) is 0 Å². The van der Waals surface area contributed by atoms with E-state index in [4.69, 9.17) is 23.2 Å². The van der Waals surface area contributed by atoms with Crippen molar-refractivity contribution in [2.45, 2.75) is 6.92 Å². The zero-order chi connectivity index (χ0) is 17.8. The van der Waals surface area contributed by atoms with Gasteiger partial charge in [-0.2, -0.15) is 0 Å². The van der Waals surface area contributed by atoms with Gasteiger partial charge in [-0.3, -0.25) is 4.79 Å².